The zero-order valence-corrected chi connectivity index (χ0v) is 15.5. The van der Waals surface area contributed by atoms with Crippen LogP contribution >= 0.6 is 0 Å². The van der Waals surface area contributed by atoms with E-state index in [0.717, 1.165) is 16.4 Å². The van der Waals surface area contributed by atoms with Gasteiger partial charge in [-0.05, 0) is 68.3 Å². The standard InChI is InChI=1S/C19H19FN2O4S/c1-13(23)14-4-8-16(9-5-14)21-19(24)18-3-2-12-22(18)27(25,26)17-10-6-15(20)7-11-17/h4-11,18H,2-3,12H2,1H3,(H,21,24)/t18-/m0/s1. The second kappa shape index (κ2) is 7.58. The highest BCUT2D eigenvalue weighted by Crippen LogP contribution is 2.27. The number of hydrogen-bond donors (Lipinski definition) is 1. The fraction of sp³-hybridized carbons (Fsp3) is 0.263. The van der Waals surface area contributed by atoms with E-state index in [1.807, 2.05) is 0 Å². The Hall–Kier alpha value is -2.58. The first-order chi connectivity index (χ1) is 12.8. The van der Waals surface area contributed by atoms with Crippen molar-refractivity contribution in [1.82, 2.24) is 4.31 Å². The highest BCUT2D eigenvalue weighted by Gasteiger charge is 2.39. The van der Waals surface area contributed by atoms with Crippen LogP contribution in [0.1, 0.15) is 30.1 Å². The molecule has 0 saturated carbocycles. The summed E-state index contributed by atoms with van der Waals surface area (Å²) < 4.78 is 39.9. The van der Waals surface area contributed by atoms with Gasteiger partial charge in [-0.25, -0.2) is 12.8 Å². The number of nitrogens with one attached hydrogen (secondary N) is 1. The van der Waals surface area contributed by atoms with E-state index in [-0.39, 0.29) is 17.2 Å². The second-order valence-corrected chi connectivity index (χ2v) is 8.24. The molecule has 8 heteroatoms. The third-order valence-electron chi connectivity index (χ3n) is 4.49. The summed E-state index contributed by atoms with van der Waals surface area (Å²) in [4.78, 5) is 23.9. The summed E-state index contributed by atoms with van der Waals surface area (Å²) in [6, 6.07) is 10.1. The van der Waals surface area contributed by atoms with Gasteiger partial charge in [0.1, 0.15) is 11.9 Å². The van der Waals surface area contributed by atoms with Gasteiger partial charge in [0.05, 0.1) is 4.90 Å². The highest BCUT2D eigenvalue weighted by atomic mass is 32.2. The Morgan fingerprint density at radius 2 is 1.70 bits per heavy atom. The normalized spacial score (nSPS) is 17.6. The lowest BCUT2D eigenvalue weighted by atomic mass is 10.1. The fourth-order valence-corrected chi connectivity index (χ4v) is 4.70. The largest absolute Gasteiger partial charge is 0.325 e. The van der Waals surface area contributed by atoms with Gasteiger partial charge in [-0.15, -0.1) is 0 Å². The van der Waals surface area contributed by atoms with E-state index in [4.69, 9.17) is 0 Å². The van der Waals surface area contributed by atoms with Gasteiger partial charge in [-0.1, -0.05) is 0 Å². The molecule has 3 rings (SSSR count). The van der Waals surface area contributed by atoms with Crippen molar-refractivity contribution in [3.63, 3.8) is 0 Å². The van der Waals surface area contributed by atoms with Crippen molar-refractivity contribution in [1.29, 1.82) is 0 Å². The van der Waals surface area contributed by atoms with Crippen LogP contribution in [0, 0.1) is 5.82 Å². The van der Waals surface area contributed by atoms with Crippen LogP contribution in [0.15, 0.2) is 53.4 Å². The number of carbonyl (C=O) groups excluding carboxylic acids is 2. The number of Topliss-reactive ketones (excluding diaryl/α,β-unsaturated/α-hetero) is 1. The molecular weight excluding hydrogens is 371 g/mol. The van der Waals surface area contributed by atoms with Crippen molar-refractivity contribution < 1.29 is 22.4 Å². The average Bonchev–Trinajstić information content (AvgIpc) is 3.13. The molecule has 0 unspecified atom stereocenters. The smallest absolute Gasteiger partial charge is 0.243 e. The molecule has 0 aliphatic carbocycles. The molecule has 0 aromatic heterocycles. The molecule has 1 amide bonds. The first-order valence-electron chi connectivity index (χ1n) is 8.48. The summed E-state index contributed by atoms with van der Waals surface area (Å²) in [7, 11) is -3.90. The molecule has 1 aliphatic heterocycles. The summed E-state index contributed by atoms with van der Waals surface area (Å²) in [5.74, 6) is -1.05. The number of anilines is 1. The predicted octanol–water partition coefficient (Wildman–Crippen LogP) is 2.82. The van der Waals surface area contributed by atoms with Gasteiger partial charge in [-0.2, -0.15) is 4.31 Å². The Kier molecular flexibility index (Phi) is 5.38. The molecule has 142 valence electrons. The Bertz CT molecular complexity index is 956. The number of ketones is 1. The zero-order valence-electron chi connectivity index (χ0n) is 14.7. The molecule has 0 spiro atoms. The lowest BCUT2D eigenvalue weighted by Gasteiger charge is -2.23. The first kappa shape index (κ1) is 19.2. The average molecular weight is 390 g/mol. The molecular formula is C19H19FN2O4S. The molecule has 0 radical (unpaired) electrons. The third kappa shape index (κ3) is 4.06. The number of benzene rings is 2. The number of sulfonamides is 1. The van der Waals surface area contributed by atoms with E-state index in [1.165, 1.54) is 19.1 Å². The van der Waals surface area contributed by atoms with Gasteiger partial charge in [0.2, 0.25) is 15.9 Å². The van der Waals surface area contributed by atoms with Crippen molar-refractivity contribution in [2.75, 3.05) is 11.9 Å². The summed E-state index contributed by atoms with van der Waals surface area (Å²) >= 11 is 0. The number of hydrogen-bond acceptors (Lipinski definition) is 4. The third-order valence-corrected chi connectivity index (χ3v) is 6.41. The maximum Gasteiger partial charge on any atom is 0.243 e. The van der Waals surface area contributed by atoms with Crippen LogP contribution in [-0.2, 0) is 14.8 Å². The van der Waals surface area contributed by atoms with Crippen LogP contribution in [0.25, 0.3) is 0 Å². The molecule has 1 aliphatic rings. The van der Waals surface area contributed by atoms with Gasteiger partial charge in [0, 0.05) is 17.8 Å². The first-order valence-corrected chi connectivity index (χ1v) is 9.92. The molecule has 1 N–H and O–H groups in total. The molecule has 1 saturated heterocycles. The maximum absolute atomic E-state index is 13.1. The number of amides is 1. The summed E-state index contributed by atoms with van der Waals surface area (Å²) in [5.41, 5.74) is 1.01. The minimum Gasteiger partial charge on any atom is -0.325 e. The Balaban J connectivity index is 1.78. The number of carbonyl (C=O) groups is 2. The highest BCUT2D eigenvalue weighted by molar-refractivity contribution is 7.89. The van der Waals surface area contributed by atoms with Gasteiger partial charge < -0.3 is 5.32 Å². The lowest BCUT2D eigenvalue weighted by molar-refractivity contribution is -0.119. The fourth-order valence-electron chi connectivity index (χ4n) is 3.05. The van der Waals surface area contributed by atoms with Crippen molar-refractivity contribution in [2.24, 2.45) is 0 Å². The van der Waals surface area contributed by atoms with Crippen LogP contribution in [0.2, 0.25) is 0 Å². The summed E-state index contributed by atoms with van der Waals surface area (Å²) in [6.45, 7) is 1.67. The molecule has 6 nitrogen and oxygen atoms in total. The molecule has 2 aromatic carbocycles. The lowest BCUT2D eigenvalue weighted by Crippen LogP contribution is -2.43. The summed E-state index contributed by atoms with van der Waals surface area (Å²) in [6.07, 6.45) is 0.958. The van der Waals surface area contributed by atoms with Crippen LogP contribution in [0.4, 0.5) is 10.1 Å². The van der Waals surface area contributed by atoms with Crippen molar-refractivity contribution in [3.05, 3.63) is 59.9 Å². The second-order valence-electron chi connectivity index (χ2n) is 6.35. The summed E-state index contributed by atoms with van der Waals surface area (Å²) in [5, 5.41) is 2.70. The van der Waals surface area contributed by atoms with E-state index in [9.17, 15) is 22.4 Å². The van der Waals surface area contributed by atoms with Gasteiger partial charge in [-0.3, -0.25) is 9.59 Å². The zero-order chi connectivity index (χ0) is 19.6. The minimum absolute atomic E-state index is 0.0468. The topological polar surface area (TPSA) is 83.6 Å². The van der Waals surface area contributed by atoms with Crippen LogP contribution < -0.4 is 5.32 Å². The predicted molar refractivity (Wildman–Crippen MR) is 98.4 cm³/mol. The molecule has 2 aromatic rings. The Morgan fingerprint density at radius 3 is 2.30 bits per heavy atom. The van der Waals surface area contributed by atoms with Crippen molar-refractivity contribution in [3.8, 4) is 0 Å². The van der Waals surface area contributed by atoms with Crippen molar-refractivity contribution in [2.45, 2.75) is 30.7 Å². The van der Waals surface area contributed by atoms with Crippen molar-refractivity contribution >= 4 is 27.4 Å². The maximum atomic E-state index is 13.1. The molecule has 1 fully saturated rings. The van der Waals surface area contributed by atoms with Gasteiger partial charge >= 0.3 is 0 Å². The molecule has 1 atom stereocenters. The Labute approximate surface area is 157 Å². The van der Waals surface area contributed by atoms with E-state index >= 15 is 0 Å². The Morgan fingerprint density at radius 1 is 1.07 bits per heavy atom. The SMILES string of the molecule is CC(=O)c1ccc(NC(=O)[C@@H]2CCCN2S(=O)(=O)c2ccc(F)cc2)cc1. The molecule has 1 heterocycles. The number of halogens is 1. The van der Waals surface area contributed by atoms with Crippen LogP contribution in [-0.4, -0.2) is 37.0 Å². The van der Waals surface area contributed by atoms with E-state index in [2.05, 4.69) is 5.32 Å². The van der Waals surface area contributed by atoms with Gasteiger partial charge in [0.25, 0.3) is 0 Å². The molecule has 27 heavy (non-hydrogen) atoms. The van der Waals surface area contributed by atoms with E-state index in [1.54, 1.807) is 24.3 Å². The van der Waals surface area contributed by atoms with E-state index in [0.29, 0.717) is 24.1 Å². The molecule has 0 bridgehead atoms. The van der Waals surface area contributed by atoms with Crippen LogP contribution in [0.3, 0.4) is 0 Å². The monoisotopic (exact) mass is 390 g/mol. The van der Waals surface area contributed by atoms with E-state index < -0.39 is 27.8 Å². The quantitative estimate of drug-likeness (QED) is 0.796. The minimum atomic E-state index is -3.90. The van der Waals surface area contributed by atoms with Gasteiger partial charge in [0.15, 0.2) is 5.78 Å². The number of nitrogens with zero attached hydrogens (tertiary/aromatic N) is 1. The number of rotatable bonds is 5. The van der Waals surface area contributed by atoms with Crippen LogP contribution in [0.5, 0.6) is 0 Å².